The molecule has 148 valence electrons. The fourth-order valence-electron chi connectivity index (χ4n) is 2.81. The number of hydrogen-bond acceptors (Lipinski definition) is 3. The van der Waals surface area contributed by atoms with E-state index in [0.29, 0.717) is 6.54 Å². The minimum absolute atomic E-state index is 0.0401. The molecule has 0 spiro atoms. The van der Waals surface area contributed by atoms with Gasteiger partial charge in [-0.05, 0) is 40.2 Å². The number of carbonyl (C=O) groups is 1. The maximum atomic E-state index is 11.4. The molecule has 2 aromatic carbocycles. The second-order valence-corrected chi connectivity index (χ2v) is 9.07. The first-order valence-electron chi connectivity index (χ1n) is 9.56. The van der Waals surface area contributed by atoms with E-state index in [1.165, 1.54) is 11.1 Å². The Hall–Kier alpha value is -2.80. The zero-order chi connectivity index (χ0) is 20.9. The summed E-state index contributed by atoms with van der Waals surface area (Å²) in [6.07, 6.45) is -0.124. The van der Waals surface area contributed by atoms with Crippen LogP contribution in [0.25, 0.3) is 0 Å². The van der Waals surface area contributed by atoms with E-state index in [2.05, 4.69) is 65.1 Å². The van der Waals surface area contributed by atoms with Gasteiger partial charge in [-0.2, -0.15) is 5.26 Å². The maximum Gasteiger partial charge on any atom is 0.234 e. The predicted molar refractivity (Wildman–Crippen MR) is 112 cm³/mol. The Bertz CT molecular complexity index is 863. The van der Waals surface area contributed by atoms with Crippen molar-refractivity contribution in [1.29, 1.82) is 5.26 Å². The molecule has 1 amide bonds. The number of nitriles is 1. The van der Waals surface area contributed by atoms with E-state index in [1.807, 2.05) is 30.3 Å². The first-order chi connectivity index (χ1) is 13.0. The van der Waals surface area contributed by atoms with E-state index in [0.717, 1.165) is 17.1 Å². The lowest BCUT2D eigenvalue weighted by atomic mass is 9.80. The van der Waals surface area contributed by atoms with Gasteiger partial charge in [0.2, 0.25) is 5.91 Å². The summed E-state index contributed by atoms with van der Waals surface area (Å²) in [7, 11) is 0. The van der Waals surface area contributed by atoms with Crippen LogP contribution >= 0.6 is 0 Å². The number of rotatable bonds is 5. The van der Waals surface area contributed by atoms with Crippen molar-refractivity contribution in [3.63, 3.8) is 0 Å². The summed E-state index contributed by atoms with van der Waals surface area (Å²) >= 11 is 0. The fraction of sp³-hybridized carbons (Fsp3) is 0.417. The van der Waals surface area contributed by atoms with Crippen molar-refractivity contribution in [2.75, 3.05) is 0 Å². The second-order valence-electron chi connectivity index (χ2n) is 9.07. The molecule has 4 heteroatoms. The molecule has 0 aliphatic carbocycles. The Morgan fingerprint density at radius 2 is 1.64 bits per heavy atom. The Balaban J connectivity index is 2.19. The van der Waals surface area contributed by atoms with Crippen LogP contribution in [0.3, 0.4) is 0 Å². The highest BCUT2D eigenvalue weighted by Crippen LogP contribution is 2.37. The number of hydrogen-bond donors (Lipinski definition) is 1. The summed E-state index contributed by atoms with van der Waals surface area (Å²) in [5.41, 5.74) is 3.45. The van der Waals surface area contributed by atoms with Crippen molar-refractivity contribution >= 4 is 5.91 Å². The molecule has 1 N–H and O–H groups in total. The van der Waals surface area contributed by atoms with Gasteiger partial charge in [-0.15, -0.1) is 0 Å². The lowest BCUT2D eigenvalue weighted by Crippen LogP contribution is -2.21. The Morgan fingerprint density at radius 3 is 2.18 bits per heavy atom. The van der Waals surface area contributed by atoms with Crippen molar-refractivity contribution in [3.05, 3.63) is 59.2 Å². The molecule has 0 aromatic heterocycles. The maximum absolute atomic E-state index is 11.4. The molecule has 0 saturated heterocycles. The molecule has 0 radical (unpaired) electrons. The molecule has 0 heterocycles. The van der Waals surface area contributed by atoms with Crippen LogP contribution in [0.15, 0.2) is 42.5 Å². The third-order valence-electron chi connectivity index (χ3n) is 4.53. The van der Waals surface area contributed by atoms with Crippen LogP contribution in [0.1, 0.15) is 64.7 Å². The molecule has 0 fully saturated rings. The molecule has 28 heavy (non-hydrogen) atoms. The average molecular weight is 379 g/mol. The summed E-state index contributed by atoms with van der Waals surface area (Å²) in [4.78, 5) is 11.4. The lowest BCUT2D eigenvalue weighted by Gasteiger charge is -2.27. The van der Waals surface area contributed by atoms with Crippen molar-refractivity contribution < 1.29 is 9.53 Å². The summed E-state index contributed by atoms with van der Waals surface area (Å²) in [6, 6.07) is 15.9. The van der Waals surface area contributed by atoms with Gasteiger partial charge in [0.25, 0.3) is 0 Å². The van der Waals surface area contributed by atoms with Crippen LogP contribution in [0.2, 0.25) is 0 Å². The first kappa shape index (κ1) is 21.5. The van der Waals surface area contributed by atoms with E-state index < -0.39 is 0 Å². The van der Waals surface area contributed by atoms with Gasteiger partial charge in [-0.1, -0.05) is 65.8 Å². The van der Waals surface area contributed by atoms with E-state index in [9.17, 15) is 4.79 Å². The van der Waals surface area contributed by atoms with Gasteiger partial charge in [-0.25, -0.2) is 0 Å². The van der Waals surface area contributed by atoms with Gasteiger partial charge in [0.15, 0.2) is 0 Å². The Morgan fingerprint density at radius 1 is 1.00 bits per heavy atom. The molecule has 0 atom stereocenters. The van der Waals surface area contributed by atoms with E-state index >= 15 is 0 Å². The summed E-state index contributed by atoms with van der Waals surface area (Å²) in [5.74, 6) is 1.34. The summed E-state index contributed by atoms with van der Waals surface area (Å²) < 4.78 is 6.19. The number of carbonyl (C=O) groups excluding carboxylic acids is 1. The van der Waals surface area contributed by atoms with E-state index in [1.54, 1.807) is 0 Å². The molecule has 2 rings (SSSR count). The van der Waals surface area contributed by atoms with Gasteiger partial charge in [0.1, 0.15) is 17.9 Å². The van der Waals surface area contributed by atoms with Crippen molar-refractivity contribution in [2.24, 2.45) is 0 Å². The Labute approximate surface area is 168 Å². The minimum atomic E-state index is -0.267. The zero-order valence-corrected chi connectivity index (χ0v) is 17.7. The molecular formula is C24H30N2O2. The lowest BCUT2D eigenvalue weighted by molar-refractivity contribution is -0.120. The number of ether oxygens (including phenoxy) is 1. The largest absolute Gasteiger partial charge is 0.457 e. The van der Waals surface area contributed by atoms with Gasteiger partial charge in [0, 0.05) is 12.1 Å². The molecular weight excluding hydrogens is 348 g/mol. The number of nitrogens with zero attached hydrogens (tertiary/aromatic N) is 1. The van der Waals surface area contributed by atoms with Crippen LogP contribution in [0.4, 0.5) is 0 Å². The Kier molecular flexibility index (Phi) is 6.51. The normalized spacial score (nSPS) is 11.6. The molecule has 2 aromatic rings. The molecule has 4 nitrogen and oxygen atoms in total. The SMILES string of the molecule is CC(C)(C)c1ccc(Oc2ccc(CNC(=O)CC#N)cc2)c(C(C)(C)C)c1. The van der Waals surface area contributed by atoms with Gasteiger partial charge < -0.3 is 10.1 Å². The zero-order valence-electron chi connectivity index (χ0n) is 17.7. The topological polar surface area (TPSA) is 62.1 Å². The third kappa shape index (κ3) is 5.85. The average Bonchev–Trinajstić information content (AvgIpc) is 2.60. The first-order valence-corrected chi connectivity index (χ1v) is 9.56. The van der Waals surface area contributed by atoms with Crippen molar-refractivity contribution in [1.82, 2.24) is 5.32 Å². The van der Waals surface area contributed by atoms with Crippen LogP contribution in [0, 0.1) is 11.3 Å². The van der Waals surface area contributed by atoms with E-state index in [-0.39, 0.29) is 23.2 Å². The second kappa shape index (κ2) is 8.48. The number of nitrogens with one attached hydrogen (secondary N) is 1. The van der Waals surface area contributed by atoms with Gasteiger partial charge >= 0.3 is 0 Å². The molecule has 0 aliphatic heterocycles. The van der Waals surface area contributed by atoms with Crippen LogP contribution < -0.4 is 10.1 Å². The predicted octanol–water partition coefficient (Wildman–Crippen LogP) is 5.60. The smallest absolute Gasteiger partial charge is 0.234 e. The highest BCUT2D eigenvalue weighted by Gasteiger charge is 2.23. The summed E-state index contributed by atoms with van der Waals surface area (Å²) in [5, 5.41) is 11.2. The molecule has 0 bridgehead atoms. The molecule has 0 aliphatic rings. The highest BCUT2D eigenvalue weighted by molar-refractivity contribution is 5.77. The van der Waals surface area contributed by atoms with Crippen LogP contribution in [0.5, 0.6) is 11.5 Å². The van der Waals surface area contributed by atoms with Gasteiger partial charge in [-0.3, -0.25) is 4.79 Å². The van der Waals surface area contributed by atoms with Crippen LogP contribution in [-0.4, -0.2) is 5.91 Å². The number of amides is 1. The van der Waals surface area contributed by atoms with Gasteiger partial charge in [0.05, 0.1) is 6.07 Å². The van der Waals surface area contributed by atoms with Crippen LogP contribution in [-0.2, 0) is 22.2 Å². The standard InChI is InChI=1S/C24H30N2O2/c1-23(2,3)18-9-12-21(20(15-18)24(4,5)6)28-19-10-7-17(8-11-19)16-26-22(27)13-14-25/h7-12,15H,13,16H2,1-6H3,(H,26,27). The monoisotopic (exact) mass is 378 g/mol. The molecule has 0 unspecified atom stereocenters. The van der Waals surface area contributed by atoms with Crippen molar-refractivity contribution in [3.8, 4) is 17.6 Å². The van der Waals surface area contributed by atoms with Crippen molar-refractivity contribution in [2.45, 2.75) is 65.3 Å². The van der Waals surface area contributed by atoms with E-state index in [4.69, 9.17) is 10.00 Å². The number of benzene rings is 2. The summed E-state index contributed by atoms with van der Waals surface area (Å²) in [6.45, 7) is 13.6. The quantitative estimate of drug-likeness (QED) is 0.736. The molecule has 0 saturated carbocycles. The minimum Gasteiger partial charge on any atom is -0.457 e. The highest BCUT2D eigenvalue weighted by atomic mass is 16.5. The fourth-order valence-corrected chi connectivity index (χ4v) is 2.81. The third-order valence-corrected chi connectivity index (χ3v) is 4.53.